The van der Waals surface area contributed by atoms with Crippen LogP contribution in [0.15, 0.2) is 48.5 Å². The lowest BCUT2D eigenvalue weighted by molar-refractivity contribution is -0.117. The summed E-state index contributed by atoms with van der Waals surface area (Å²) in [5.41, 5.74) is 3.71. The van der Waals surface area contributed by atoms with Gasteiger partial charge in [-0.1, -0.05) is 38.1 Å². The van der Waals surface area contributed by atoms with Gasteiger partial charge in [0.2, 0.25) is 11.8 Å². The minimum atomic E-state index is -0.233. The third-order valence-corrected chi connectivity index (χ3v) is 3.99. The summed E-state index contributed by atoms with van der Waals surface area (Å²) in [6, 6.07) is 15.3. The topological polar surface area (TPSA) is 58.2 Å². The number of anilines is 2. The Morgan fingerprint density at radius 2 is 1.36 bits per heavy atom. The maximum absolute atomic E-state index is 12.5. The molecule has 2 amide bonds. The molecule has 4 heteroatoms. The van der Waals surface area contributed by atoms with E-state index in [2.05, 4.69) is 36.6 Å². The quantitative estimate of drug-likeness (QED) is 0.809. The van der Waals surface area contributed by atoms with Gasteiger partial charge in [-0.05, 0) is 54.7 Å². The summed E-state index contributed by atoms with van der Waals surface area (Å²) in [6.07, 6.45) is 1.04. The Labute approximate surface area is 149 Å². The lowest BCUT2D eigenvalue weighted by Gasteiger charge is -2.14. The van der Waals surface area contributed by atoms with Crippen LogP contribution in [0.3, 0.4) is 0 Å². The van der Waals surface area contributed by atoms with E-state index in [0.29, 0.717) is 17.3 Å². The number of rotatable bonds is 6. The Morgan fingerprint density at radius 1 is 0.840 bits per heavy atom. The van der Waals surface area contributed by atoms with Crippen molar-refractivity contribution in [2.45, 2.75) is 40.0 Å². The zero-order valence-electron chi connectivity index (χ0n) is 15.3. The summed E-state index contributed by atoms with van der Waals surface area (Å²) in [5.74, 6) is 0.213. The van der Waals surface area contributed by atoms with E-state index in [4.69, 9.17) is 0 Å². The third-order valence-electron chi connectivity index (χ3n) is 3.99. The number of nitrogens with one attached hydrogen (secondary N) is 2. The molecule has 0 bridgehead atoms. The van der Waals surface area contributed by atoms with E-state index in [1.165, 1.54) is 12.5 Å². The SMILES string of the molecule is CC(=O)Nc1ccc(NC(=O)[C@H](C)c2ccc(CC(C)C)cc2)cc1. The molecular weight excluding hydrogens is 312 g/mol. The molecule has 2 aromatic carbocycles. The van der Waals surface area contributed by atoms with Crippen molar-refractivity contribution in [2.24, 2.45) is 5.92 Å². The molecule has 25 heavy (non-hydrogen) atoms. The summed E-state index contributed by atoms with van der Waals surface area (Å²) in [6.45, 7) is 7.75. The lowest BCUT2D eigenvalue weighted by Crippen LogP contribution is -2.19. The Morgan fingerprint density at radius 3 is 1.84 bits per heavy atom. The molecule has 1 atom stereocenters. The first kappa shape index (κ1) is 18.7. The highest BCUT2D eigenvalue weighted by Crippen LogP contribution is 2.20. The van der Waals surface area contributed by atoms with Gasteiger partial charge in [0, 0.05) is 18.3 Å². The summed E-state index contributed by atoms with van der Waals surface area (Å²) in [5, 5.41) is 5.62. The van der Waals surface area contributed by atoms with Crippen LogP contribution in [0.5, 0.6) is 0 Å². The van der Waals surface area contributed by atoms with E-state index in [-0.39, 0.29) is 17.7 Å². The van der Waals surface area contributed by atoms with E-state index in [9.17, 15) is 9.59 Å². The van der Waals surface area contributed by atoms with Crippen molar-refractivity contribution in [3.8, 4) is 0 Å². The molecule has 0 fully saturated rings. The molecule has 0 saturated carbocycles. The second-order valence-corrected chi connectivity index (χ2v) is 6.81. The molecule has 0 radical (unpaired) electrons. The van der Waals surface area contributed by atoms with Crippen LogP contribution < -0.4 is 10.6 Å². The predicted octanol–water partition coefficient (Wildman–Crippen LogP) is 4.59. The number of benzene rings is 2. The fourth-order valence-electron chi connectivity index (χ4n) is 2.66. The minimum Gasteiger partial charge on any atom is -0.326 e. The van der Waals surface area contributed by atoms with E-state index < -0.39 is 0 Å². The first-order valence-electron chi connectivity index (χ1n) is 8.62. The van der Waals surface area contributed by atoms with Crippen LogP contribution in [-0.4, -0.2) is 11.8 Å². The summed E-state index contributed by atoms with van der Waals surface area (Å²) in [7, 11) is 0. The van der Waals surface area contributed by atoms with Gasteiger partial charge in [-0.2, -0.15) is 0 Å². The number of carbonyl (C=O) groups excluding carboxylic acids is 2. The van der Waals surface area contributed by atoms with Crippen LogP contribution in [0.2, 0.25) is 0 Å². The van der Waals surface area contributed by atoms with Gasteiger partial charge in [0.15, 0.2) is 0 Å². The molecule has 4 nitrogen and oxygen atoms in total. The maximum Gasteiger partial charge on any atom is 0.231 e. The highest BCUT2D eigenvalue weighted by molar-refractivity contribution is 5.96. The Bertz CT molecular complexity index is 719. The first-order valence-corrected chi connectivity index (χ1v) is 8.62. The molecule has 2 N–H and O–H groups in total. The van der Waals surface area contributed by atoms with Gasteiger partial charge in [-0.25, -0.2) is 0 Å². The van der Waals surface area contributed by atoms with Crippen molar-refractivity contribution in [1.82, 2.24) is 0 Å². The average Bonchev–Trinajstić information content (AvgIpc) is 2.55. The predicted molar refractivity (Wildman–Crippen MR) is 103 cm³/mol. The smallest absolute Gasteiger partial charge is 0.231 e. The first-order chi connectivity index (χ1) is 11.8. The van der Waals surface area contributed by atoms with Crippen molar-refractivity contribution in [2.75, 3.05) is 10.6 Å². The largest absolute Gasteiger partial charge is 0.326 e. The summed E-state index contributed by atoms with van der Waals surface area (Å²) >= 11 is 0. The zero-order chi connectivity index (χ0) is 18.4. The second-order valence-electron chi connectivity index (χ2n) is 6.81. The van der Waals surface area contributed by atoms with Gasteiger partial charge in [0.05, 0.1) is 5.92 Å². The van der Waals surface area contributed by atoms with E-state index in [1.807, 2.05) is 19.1 Å². The van der Waals surface area contributed by atoms with Crippen molar-refractivity contribution >= 4 is 23.2 Å². The van der Waals surface area contributed by atoms with Gasteiger partial charge in [0.1, 0.15) is 0 Å². The fraction of sp³-hybridized carbons (Fsp3) is 0.333. The Kier molecular flexibility index (Phi) is 6.34. The van der Waals surface area contributed by atoms with Gasteiger partial charge in [-0.3, -0.25) is 9.59 Å². The van der Waals surface area contributed by atoms with Crippen LogP contribution in [0.25, 0.3) is 0 Å². The van der Waals surface area contributed by atoms with Crippen LogP contribution >= 0.6 is 0 Å². The van der Waals surface area contributed by atoms with Crippen molar-refractivity contribution < 1.29 is 9.59 Å². The number of hydrogen-bond acceptors (Lipinski definition) is 2. The van der Waals surface area contributed by atoms with Gasteiger partial charge < -0.3 is 10.6 Å². The molecule has 0 saturated heterocycles. The van der Waals surface area contributed by atoms with Crippen LogP contribution in [-0.2, 0) is 16.0 Å². The molecule has 0 spiro atoms. The van der Waals surface area contributed by atoms with E-state index in [1.54, 1.807) is 24.3 Å². The highest BCUT2D eigenvalue weighted by atomic mass is 16.2. The molecule has 0 aliphatic carbocycles. The molecule has 0 aliphatic rings. The van der Waals surface area contributed by atoms with Crippen molar-refractivity contribution in [1.29, 1.82) is 0 Å². The number of carbonyl (C=O) groups is 2. The van der Waals surface area contributed by atoms with Crippen LogP contribution in [0.1, 0.15) is 44.7 Å². The van der Waals surface area contributed by atoms with Gasteiger partial charge >= 0.3 is 0 Å². The van der Waals surface area contributed by atoms with Crippen molar-refractivity contribution in [3.05, 3.63) is 59.7 Å². The van der Waals surface area contributed by atoms with Gasteiger partial charge in [-0.15, -0.1) is 0 Å². The maximum atomic E-state index is 12.5. The van der Waals surface area contributed by atoms with Crippen LogP contribution in [0.4, 0.5) is 11.4 Å². The van der Waals surface area contributed by atoms with Crippen LogP contribution in [0, 0.1) is 5.92 Å². The average molecular weight is 338 g/mol. The monoisotopic (exact) mass is 338 g/mol. The molecule has 0 unspecified atom stereocenters. The molecule has 2 aromatic rings. The summed E-state index contributed by atoms with van der Waals surface area (Å²) < 4.78 is 0. The van der Waals surface area contributed by atoms with Crippen molar-refractivity contribution in [3.63, 3.8) is 0 Å². The Hall–Kier alpha value is -2.62. The normalized spacial score (nSPS) is 11.9. The molecule has 2 rings (SSSR count). The van der Waals surface area contributed by atoms with E-state index >= 15 is 0 Å². The molecule has 0 aliphatic heterocycles. The fourth-order valence-corrected chi connectivity index (χ4v) is 2.66. The standard InChI is InChI=1S/C21H26N2O2/c1-14(2)13-17-5-7-18(8-6-17)15(3)21(25)23-20-11-9-19(10-12-20)22-16(4)24/h5-12,14-15H,13H2,1-4H3,(H,22,24)(H,23,25)/t15-/m1/s1. The second kappa shape index (κ2) is 8.47. The number of amides is 2. The zero-order valence-corrected chi connectivity index (χ0v) is 15.3. The minimum absolute atomic E-state index is 0.0520. The molecule has 0 heterocycles. The van der Waals surface area contributed by atoms with Gasteiger partial charge in [0.25, 0.3) is 0 Å². The highest BCUT2D eigenvalue weighted by Gasteiger charge is 2.15. The lowest BCUT2D eigenvalue weighted by atomic mass is 9.96. The van der Waals surface area contributed by atoms with E-state index in [0.717, 1.165) is 12.0 Å². The number of hydrogen-bond donors (Lipinski definition) is 2. The third kappa shape index (κ3) is 5.75. The molecular formula is C21H26N2O2. The summed E-state index contributed by atoms with van der Waals surface area (Å²) in [4.78, 5) is 23.5. The Balaban J connectivity index is 1.98. The molecule has 132 valence electrons. The molecule has 0 aromatic heterocycles.